The molecule has 2 heterocycles. The molecule has 0 saturated carbocycles. The second-order valence-corrected chi connectivity index (χ2v) is 6.65. The van der Waals surface area contributed by atoms with Crippen molar-refractivity contribution in [1.82, 2.24) is 9.97 Å². The topological polar surface area (TPSA) is 40.7 Å². The lowest BCUT2D eigenvalue weighted by atomic mass is 10.1. The number of anilines is 2. The molecule has 0 aliphatic heterocycles. The molecular formula is C19H17N3S. The Labute approximate surface area is 139 Å². The molecule has 0 atom stereocenters. The Morgan fingerprint density at radius 2 is 1.83 bits per heavy atom. The van der Waals surface area contributed by atoms with Gasteiger partial charge in [-0.05, 0) is 43.2 Å². The Kier molecular flexibility index (Phi) is 3.39. The molecule has 2 aromatic carbocycles. The molecule has 0 fully saturated rings. The molecule has 0 aliphatic rings. The minimum Gasteiger partial charge on any atom is -0.360 e. The van der Waals surface area contributed by atoms with Crippen LogP contribution in [0.3, 0.4) is 0 Å². The van der Waals surface area contributed by atoms with E-state index in [2.05, 4.69) is 65.9 Å². The van der Waals surface area contributed by atoms with Gasteiger partial charge in [-0.25, -0.2) is 4.98 Å². The Balaban J connectivity index is 1.66. The first-order valence-corrected chi connectivity index (χ1v) is 8.44. The first kappa shape index (κ1) is 14.0. The number of aromatic nitrogens is 2. The number of nitrogens with zero attached hydrogens (tertiary/aromatic N) is 1. The van der Waals surface area contributed by atoms with Crippen molar-refractivity contribution >= 4 is 33.1 Å². The van der Waals surface area contributed by atoms with Crippen LogP contribution < -0.4 is 5.32 Å². The standard InChI is InChI=1S/C19H17N3S/c1-12-7-13(2)9-14(8-12)21-19-22-18(11-23-19)16-10-20-17-6-4-3-5-15(16)17/h3-11,20H,1-2H3,(H,21,22). The molecule has 0 radical (unpaired) electrons. The van der Waals surface area contributed by atoms with Crippen molar-refractivity contribution in [1.29, 1.82) is 0 Å². The third-order valence-electron chi connectivity index (χ3n) is 3.84. The summed E-state index contributed by atoms with van der Waals surface area (Å²) in [4.78, 5) is 8.05. The molecule has 2 N–H and O–H groups in total. The van der Waals surface area contributed by atoms with E-state index >= 15 is 0 Å². The molecule has 4 aromatic rings. The highest BCUT2D eigenvalue weighted by Crippen LogP contribution is 2.32. The second kappa shape index (κ2) is 5.56. The fourth-order valence-electron chi connectivity index (χ4n) is 2.91. The number of aryl methyl sites for hydroxylation is 2. The van der Waals surface area contributed by atoms with Gasteiger partial charge in [0.2, 0.25) is 0 Å². The maximum Gasteiger partial charge on any atom is 0.187 e. The molecule has 0 bridgehead atoms. The van der Waals surface area contributed by atoms with E-state index in [1.165, 1.54) is 16.5 Å². The number of thiazole rings is 1. The number of nitrogens with one attached hydrogen (secondary N) is 2. The van der Waals surface area contributed by atoms with Gasteiger partial charge in [-0.2, -0.15) is 0 Å². The molecular weight excluding hydrogens is 302 g/mol. The van der Waals surface area contributed by atoms with Crippen LogP contribution in [0, 0.1) is 13.8 Å². The average Bonchev–Trinajstić information content (AvgIpc) is 3.12. The number of fused-ring (bicyclic) bond motifs is 1. The van der Waals surface area contributed by atoms with Crippen molar-refractivity contribution in [2.75, 3.05) is 5.32 Å². The van der Waals surface area contributed by atoms with E-state index in [-0.39, 0.29) is 0 Å². The summed E-state index contributed by atoms with van der Waals surface area (Å²) in [7, 11) is 0. The summed E-state index contributed by atoms with van der Waals surface area (Å²) in [6, 6.07) is 14.7. The minimum absolute atomic E-state index is 0.912. The van der Waals surface area contributed by atoms with Gasteiger partial charge in [0, 0.05) is 33.7 Å². The van der Waals surface area contributed by atoms with Crippen LogP contribution in [0.1, 0.15) is 11.1 Å². The summed E-state index contributed by atoms with van der Waals surface area (Å²) in [6.07, 6.45) is 2.03. The van der Waals surface area contributed by atoms with Crippen LogP contribution in [0.4, 0.5) is 10.8 Å². The van der Waals surface area contributed by atoms with Crippen molar-refractivity contribution in [3.8, 4) is 11.3 Å². The highest BCUT2D eigenvalue weighted by Gasteiger charge is 2.10. The molecule has 4 heteroatoms. The van der Waals surface area contributed by atoms with Crippen LogP contribution in [0.25, 0.3) is 22.2 Å². The highest BCUT2D eigenvalue weighted by molar-refractivity contribution is 7.14. The van der Waals surface area contributed by atoms with Crippen molar-refractivity contribution < 1.29 is 0 Å². The maximum absolute atomic E-state index is 4.74. The number of rotatable bonds is 3. The van der Waals surface area contributed by atoms with Gasteiger partial charge in [-0.15, -0.1) is 11.3 Å². The lowest BCUT2D eigenvalue weighted by Gasteiger charge is -2.05. The molecule has 0 unspecified atom stereocenters. The zero-order valence-corrected chi connectivity index (χ0v) is 13.9. The maximum atomic E-state index is 4.74. The molecule has 114 valence electrons. The third-order valence-corrected chi connectivity index (χ3v) is 4.60. The van der Waals surface area contributed by atoms with Crippen LogP contribution in [-0.2, 0) is 0 Å². The minimum atomic E-state index is 0.912. The summed E-state index contributed by atoms with van der Waals surface area (Å²) in [6.45, 7) is 4.22. The van der Waals surface area contributed by atoms with Gasteiger partial charge in [0.15, 0.2) is 5.13 Å². The van der Waals surface area contributed by atoms with Gasteiger partial charge in [-0.3, -0.25) is 0 Å². The van der Waals surface area contributed by atoms with E-state index in [0.29, 0.717) is 0 Å². The zero-order chi connectivity index (χ0) is 15.8. The van der Waals surface area contributed by atoms with E-state index < -0.39 is 0 Å². The van der Waals surface area contributed by atoms with Crippen LogP contribution >= 0.6 is 11.3 Å². The number of para-hydroxylation sites is 1. The van der Waals surface area contributed by atoms with Crippen molar-refractivity contribution in [2.45, 2.75) is 13.8 Å². The lowest BCUT2D eigenvalue weighted by molar-refractivity contribution is 1.35. The fraction of sp³-hybridized carbons (Fsp3) is 0.105. The number of aromatic amines is 1. The monoisotopic (exact) mass is 319 g/mol. The van der Waals surface area contributed by atoms with Gasteiger partial charge in [0.25, 0.3) is 0 Å². The first-order chi connectivity index (χ1) is 11.2. The Morgan fingerprint density at radius 1 is 1.04 bits per heavy atom. The Bertz CT molecular complexity index is 961. The smallest absolute Gasteiger partial charge is 0.187 e. The van der Waals surface area contributed by atoms with Gasteiger partial charge < -0.3 is 10.3 Å². The van der Waals surface area contributed by atoms with Gasteiger partial charge in [-0.1, -0.05) is 24.3 Å². The molecule has 0 aliphatic carbocycles. The largest absolute Gasteiger partial charge is 0.360 e. The number of hydrogen-bond acceptors (Lipinski definition) is 3. The van der Waals surface area contributed by atoms with E-state index in [4.69, 9.17) is 4.98 Å². The summed E-state index contributed by atoms with van der Waals surface area (Å²) in [5.41, 5.74) is 6.87. The Hall–Kier alpha value is -2.59. The average molecular weight is 319 g/mol. The van der Waals surface area contributed by atoms with Crippen LogP contribution in [-0.4, -0.2) is 9.97 Å². The summed E-state index contributed by atoms with van der Waals surface area (Å²) in [5, 5.41) is 7.63. The van der Waals surface area contributed by atoms with E-state index in [1.54, 1.807) is 11.3 Å². The predicted octanol–water partition coefficient (Wildman–Crippen LogP) is 5.65. The van der Waals surface area contributed by atoms with E-state index in [9.17, 15) is 0 Å². The number of hydrogen-bond donors (Lipinski definition) is 2. The van der Waals surface area contributed by atoms with E-state index in [1.807, 2.05) is 12.3 Å². The quantitative estimate of drug-likeness (QED) is 0.512. The Morgan fingerprint density at radius 3 is 2.65 bits per heavy atom. The third kappa shape index (κ3) is 2.73. The van der Waals surface area contributed by atoms with Crippen LogP contribution in [0.15, 0.2) is 54.0 Å². The normalized spacial score (nSPS) is 11.0. The van der Waals surface area contributed by atoms with Gasteiger partial charge in [0.05, 0.1) is 5.69 Å². The van der Waals surface area contributed by atoms with Crippen molar-refractivity contribution in [3.63, 3.8) is 0 Å². The van der Waals surface area contributed by atoms with Gasteiger partial charge in [0.1, 0.15) is 0 Å². The summed E-state index contributed by atoms with van der Waals surface area (Å²) >= 11 is 1.63. The zero-order valence-electron chi connectivity index (χ0n) is 13.1. The first-order valence-electron chi connectivity index (χ1n) is 7.56. The molecule has 23 heavy (non-hydrogen) atoms. The highest BCUT2D eigenvalue weighted by atomic mass is 32.1. The van der Waals surface area contributed by atoms with Crippen LogP contribution in [0.5, 0.6) is 0 Å². The lowest BCUT2D eigenvalue weighted by Crippen LogP contribution is -1.91. The fourth-order valence-corrected chi connectivity index (χ4v) is 3.64. The molecule has 2 aromatic heterocycles. The number of benzene rings is 2. The molecule has 0 amide bonds. The van der Waals surface area contributed by atoms with Gasteiger partial charge >= 0.3 is 0 Å². The van der Waals surface area contributed by atoms with Crippen molar-refractivity contribution in [2.24, 2.45) is 0 Å². The second-order valence-electron chi connectivity index (χ2n) is 5.79. The van der Waals surface area contributed by atoms with Crippen LogP contribution in [0.2, 0.25) is 0 Å². The molecule has 0 spiro atoms. The van der Waals surface area contributed by atoms with Crippen molar-refractivity contribution in [3.05, 3.63) is 65.2 Å². The summed E-state index contributed by atoms with van der Waals surface area (Å²) < 4.78 is 0. The predicted molar refractivity (Wildman–Crippen MR) is 98.6 cm³/mol. The molecule has 0 saturated heterocycles. The molecule has 4 rings (SSSR count). The van der Waals surface area contributed by atoms with E-state index in [0.717, 1.165) is 27.6 Å². The number of H-pyrrole nitrogens is 1. The SMILES string of the molecule is Cc1cc(C)cc(Nc2nc(-c3c[nH]c4ccccc34)cs2)c1. The summed E-state index contributed by atoms with van der Waals surface area (Å²) in [5.74, 6) is 0. The molecule has 3 nitrogen and oxygen atoms in total.